The third-order valence-corrected chi connectivity index (χ3v) is 6.09. The van der Waals surface area contributed by atoms with Crippen molar-refractivity contribution in [1.82, 2.24) is 10.3 Å². The molecule has 4 rings (SSSR count). The highest BCUT2D eigenvalue weighted by Gasteiger charge is 2.32. The van der Waals surface area contributed by atoms with Gasteiger partial charge in [0.05, 0.1) is 12.3 Å². The van der Waals surface area contributed by atoms with Gasteiger partial charge in [0.25, 0.3) is 0 Å². The second kappa shape index (κ2) is 5.35. The van der Waals surface area contributed by atoms with Gasteiger partial charge in [0.1, 0.15) is 11.1 Å². The fourth-order valence-electron chi connectivity index (χ4n) is 2.48. The first-order valence-corrected chi connectivity index (χ1v) is 9.29. The summed E-state index contributed by atoms with van der Waals surface area (Å²) in [4.78, 5) is 6.41. The molecule has 2 aliphatic carbocycles. The Morgan fingerprint density at radius 1 is 1.26 bits per heavy atom. The molecule has 1 aliphatic heterocycles. The van der Waals surface area contributed by atoms with Crippen molar-refractivity contribution in [1.29, 1.82) is 0 Å². The van der Waals surface area contributed by atoms with Gasteiger partial charge >= 0.3 is 0 Å². The molecule has 3 fully saturated rings. The molecule has 1 atom stereocenters. The molecule has 3 aliphatic rings. The molecular formula is C14H20N2OS2. The molecule has 0 amide bonds. The van der Waals surface area contributed by atoms with Crippen LogP contribution in [-0.4, -0.2) is 29.1 Å². The molecular weight excluding hydrogens is 276 g/mol. The first-order chi connectivity index (χ1) is 9.40. The zero-order chi connectivity index (χ0) is 12.7. The Balaban J connectivity index is 1.51. The second-order valence-electron chi connectivity index (χ2n) is 5.72. The summed E-state index contributed by atoms with van der Waals surface area (Å²) in [6.45, 7) is 1.90. The summed E-state index contributed by atoms with van der Waals surface area (Å²) in [7, 11) is 0. The van der Waals surface area contributed by atoms with Crippen LogP contribution >= 0.6 is 23.1 Å². The Kier molecular flexibility index (Phi) is 3.56. The SMILES string of the molecule is C1CSCC(c2nc(C3CC3)c(CNC3CC3)s2)O1. The predicted molar refractivity (Wildman–Crippen MR) is 80.0 cm³/mol. The van der Waals surface area contributed by atoms with Crippen LogP contribution in [0.2, 0.25) is 0 Å². The van der Waals surface area contributed by atoms with Crippen LogP contribution < -0.4 is 5.32 Å². The maximum atomic E-state index is 5.88. The maximum Gasteiger partial charge on any atom is 0.123 e. The van der Waals surface area contributed by atoms with Crippen molar-refractivity contribution in [2.45, 2.75) is 50.3 Å². The quantitative estimate of drug-likeness (QED) is 0.905. The molecule has 5 heteroatoms. The molecule has 19 heavy (non-hydrogen) atoms. The number of rotatable bonds is 5. The Bertz CT molecular complexity index is 448. The lowest BCUT2D eigenvalue weighted by Crippen LogP contribution is -2.15. The minimum absolute atomic E-state index is 0.246. The minimum atomic E-state index is 0.246. The zero-order valence-electron chi connectivity index (χ0n) is 11.1. The molecule has 1 N–H and O–H groups in total. The number of nitrogens with zero attached hydrogens (tertiary/aromatic N) is 1. The number of hydrogen-bond donors (Lipinski definition) is 1. The molecule has 1 aromatic heterocycles. The summed E-state index contributed by atoms with van der Waals surface area (Å²) in [5.74, 6) is 2.96. The van der Waals surface area contributed by atoms with Gasteiger partial charge in [-0.15, -0.1) is 11.3 Å². The summed E-state index contributed by atoms with van der Waals surface area (Å²) in [5.41, 5.74) is 1.38. The van der Waals surface area contributed by atoms with E-state index in [0.717, 1.165) is 36.6 Å². The van der Waals surface area contributed by atoms with E-state index < -0.39 is 0 Å². The number of thioether (sulfide) groups is 1. The van der Waals surface area contributed by atoms with E-state index >= 15 is 0 Å². The number of hydrogen-bond acceptors (Lipinski definition) is 5. The van der Waals surface area contributed by atoms with Crippen molar-refractivity contribution in [3.63, 3.8) is 0 Å². The molecule has 0 aromatic carbocycles. The third-order valence-electron chi connectivity index (χ3n) is 3.93. The first-order valence-electron chi connectivity index (χ1n) is 7.32. The largest absolute Gasteiger partial charge is 0.369 e. The Hall–Kier alpha value is -0.100. The van der Waals surface area contributed by atoms with E-state index in [2.05, 4.69) is 5.32 Å². The van der Waals surface area contributed by atoms with Crippen LogP contribution in [0.1, 0.15) is 53.3 Å². The lowest BCUT2D eigenvalue weighted by atomic mass is 10.2. The van der Waals surface area contributed by atoms with Gasteiger partial charge in [0, 0.05) is 34.9 Å². The normalized spacial score (nSPS) is 27.7. The van der Waals surface area contributed by atoms with Crippen molar-refractivity contribution in [2.24, 2.45) is 0 Å². The standard InChI is InChI=1S/C14H20N2OS2/c1-2-9(1)13-12(7-15-10-3-4-10)19-14(16-13)11-8-18-6-5-17-11/h9-11,15H,1-8H2. The molecule has 104 valence electrons. The van der Waals surface area contributed by atoms with Crippen LogP contribution in [0.15, 0.2) is 0 Å². The smallest absolute Gasteiger partial charge is 0.123 e. The van der Waals surface area contributed by atoms with Crippen LogP contribution in [0, 0.1) is 0 Å². The molecule has 1 unspecified atom stereocenters. The van der Waals surface area contributed by atoms with Crippen molar-refractivity contribution in [2.75, 3.05) is 18.1 Å². The fraction of sp³-hybridized carbons (Fsp3) is 0.786. The molecule has 1 aromatic rings. The number of ether oxygens (including phenoxy) is 1. The van der Waals surface area contributed by atoms with Crippen LogP contribution in [-0.2, 0) is 11.3 Å². The average molecular weight is 296 g/mol. The van der Waals surface area contributed by atoms with E-state index in [-0.39, 0.29) is 6.10 Å². The van der Waals surface area contributed by atoms with E-state index in [1.807, 2.05) is 23.1 Å². The molecule has 0 radical (unpaired) electrons. The minimum Gasteiger partial charge on any atom is -0.369 e. The van der Waals surface area contributed by atoms with Crippen LogP contribution in [0.5, 0.6) is 0 Å². The lowest BCUT2D eigenvalue weighted by Gasteiger charge is -2.19. The van der Waals surface area contributed by atoms with Gasteiger partial charge in [-0.25, -0.2) is 4.98 Å². The van der Waals surface area contributed by atoms with Crippen molar-refractivity contribution in [3.05, 3.63) is 15.6 Å². The third kappa shape index (κ3) is 2.99. The Labute approximate surface area is 122 Å². The van der Waals surface area contributed by atoms with Gasteiger partial charge in [0.15, 0.2) is 0 Å². The van der Waals surface area contributed by atoms with Crippen molar-refractivity contribution < 1.29 is 4.74 Å². The van der Waals surface area contributed by atoms with Gasteiger partial charge < -0.3 is 10.1 Å². The maximum absolute atomic E-state index is 5.88. The van der Waals surface area contributed by atoms with Crippen LogP contribution in [0.4, 0.5) is 0 Å². The second-order valence-corrected chi connectivity index (χ2v) is 7.99. The summed E-state index contributed by atoms with van der Waals surface area (Å²) < 4.78 is 5.88. The highest BCUT2D eigenvalue weighted by atomic mass is 32.2. The van der Waals surface area contributed by atoms with Gasteiger partial charge in [-0.3, -0.25) is 0 Å². The fourth-order valence-corrected chi connectivity index (χ4v) is 4.58. The van der Waals surface area contributed by atoms with Gasteiger partial charge in [-0.1, -0.05) is 0 Å². The van der Waals surface area contributed by atoms with Gasteiger partial charge in [0.2, 0.25) is 0 Å². The predicted octanol–water partition coefficient (Wildman–Crippen LogP) is 3.08. The highest BCUT2D eigenvalue weighted by molar-refractivity contribution is 7.99. The molecule has 3 nitrogen and oxygen atoms in total. The number of aromatic nitrogens is 1. The Morgan fingerprint density at radius 2 is 2.16 bits per heavy atom. The highest BCUT2D eigenvalue weighted by Crippen LogP contribution is 2.44. The van der Waals surface area contributed by atoms with E-state index in [1.54, 1.807) is 0 Å². The van der Waals surface area contributed by atoms with E-state index in [4.69, 9.17) is 9.72 Å². The van der Waals surface area contributed by atoms with Crippen molar-refractivity contribution in [3.8, 4) is 0 Å². The van der Waals surface area contributed by atoms with Gasteiger partial charge in [-0.2, -0.15) is 11.8 Å². The summed E-state index contributed by atoms with van der Waals surface area (Å²) >= 11 is 3.88. The van der Waals surface area contributed by atoms with E-state index in [0.29, 0.717) is 0 Å². The molecule has 1 saturated heterocycles. The Morgan fingerprint density at radius 3 is 2.84 bits per heavy atom. The topological polar surface area (TPSA) is 34.2 Å². The summed E-state index contributed by atoms with van der Waals surface area (Å²) in [6.07, 6.45) is 5.62. The average Bonchev–Trinajstić information content (AvgIpc) is 3.37. The molecule has 0 spiro atoms. The van der Waals surface area contributed by atoms with Crippen LogP contribution in [0.25, 0.3) is 0 Å². The first kappa shape index (κ1) is 12.6. The molecule has 2 heterocycles. The molecule has 0 bridgehead atoms. The zero-order valence-corrected chi connectivity index (χ0v) is 12.7. The monoisotopic (exact) mass is 296 g/mol. The van der Waals surface area contributed by atoms with E-state index in [9.17, 15) is 0 Å². The molecule has 2 saturated carbocycles. The number of nitrogens with one attached hydrogen (secondary N) is 1. The van der Waals surface area contributed by atoms with Crippen LogP contribution in [0.3, 0.4) is 0 Å². The summed E-state index contributed by atoms with van der Waals surface area (Å²) in [6, 6.07) is 0.777. The van der Waals surface area contributed by atoms with E-state index in [1.165, 1.54) is 41.3 Å². The van der Waals surface area contributed by atoms with Gasteiger partial charge in [-0.05, 0) is 25.7 Å². The lowest BCUT2D eigenvalue weighted by molar-refractivity contribution is 0.0754. The summed E-state index contributed by atoms with van der Waals surface area (Å²) in [5, 5.41) is 4.86. The number of thiazole rings is 1. The van der Waals surface area contributed by atoms with Crippen molar-refractivity contribution >= 4 is 23.1 Å².